The van der Waals surface area contributed by atoms with Crippen LogP contribution in [0.4, 0.5) is 5.69 Å². The van der Waals surface area contributed by atoms with E-state index in [-0.39, 0.29) is 24.7 Å². The number of benzene rings is 2. The van der Waals surface area contributed by atoms with Crippen molar-refractivity contribution in [3.05, 3.63) is 82.2 Å². The van der Waals surface area contributed by atoms with Gasteiger partial charge in [0, 0.05) is 17.2 Å². The van der Waals surface area contributed by atoms with E-state index >= 15 is 0 Å². The van der Waals surface area contributed by atoms with Crippen molar-refractivity contribution in [3.8, 4) is 5.75 Å². The molecule has 0 aliphatic carbocycles. The largest absolute Gasteiger partial charge is 0.486 e. The molecule has 0 radical (unpaired) electrons. The van der Waals surface area contributed by atoms with Crippen LogP contribution in [0.15, 0.2) is 69.6 Å². The summed E-state index contributed by atoms with van der Waals surface area (Å²) in [5.74, 6) is 0.871. The van der Waals surface area contributed by atoms with E-state index in [2.05, 4.69) is 26.6 Å². The Kier molecular flexibility index (Phi) is 6.49. The fourth-order valence-corrected chi connectivity index (χ4v) is 2.91. The maximum atomic E-state index is 12.5. The number of rotatable bonds is 7. The first-order valence-corrected chi connectivity index (χ1v) is 9.41. The minimum atomic E-state index is -0.391. The first-order valence-electron chi connectivity index (χ1n) is 8.62. The van der Waals surface area contributed by atoms with Crippen LogP contribution in [0.1, 0.15) is 21.9 Å². The van der Waals surface area contributed by atoms with Crippen molar-refractivity contribution in [1.82, 2.24) is 5.32 Å². The molecule has 28 heavy (non-hydrogen) atoms. The van der Waals surface area contributed by atoms with Gasteiger partial charge in [0.15, 0.2) is 5.76 Å². The Hall–Kier alpha value is -3.06. The van der Waals surface area contributed by atoms with Gasteiger partial charge in [0.2, 0.25) is 5.91 Å². The summed E-state index contributed by atoms with van der Waals surface area (Å²) >= 11 is 3.39. The van der Waals surface area contributed by atoms with Gasteiger partial charge in [-0.2, -0.15) is 0 Å². The van der Waals surface area contributed by atoms with Crippen molar-refractivity contribution in [2.24, 2.45) is 0 Å². The molecule has 0 bridgehead atoms. The van der Waals surface area contributed by atoms with Crippen LogP contribution in [0.2, 0.25) is 0 Å². The number of anilines is 1. The lowest BCUT2D eigenvalue weighted by atomic mass is 10.1. The highest BCUT2D eigenvalue weighted by molar-refractivity contribution is 9.10. The smallest absolute Gasteiger partial charge is 0.291 e. The number of hydrogen-bond acceptors (Lipinski definition) is 4. The van der Waals surface area contributed by atoms with Crippen LogP contribution < -0.4 is 15.4 Å². The lowest BCUT2D eigenvalue weighted by molar-refractivity contribution is -0.119. The summed E-state index contributed by atoms with van der Waals surface area (Å²) in [7, 11) is 1.57. The van der Waals surface area contributed by atoms with Crippen LogP contribution in [0.25, 0.3) is 0 Å². The predicted molar refractivity (Wildman–Crippen MR) is 109 cm³/mol. The molecule has 2 amide bonds. The molecule has 2 N–H and O–H groups in total. The number of amides is 2. The van der Waals surface area contributed by atoms with Gasteiger partial charge in [-0.05, 0) is 42.0 Å². The van der Waals surface area contributed by atoms with Gasteiger partial charge in [0.05, 0.1) is 6.42 Å². The van der Waals surface area contributed by atoms with E-state index in [1.54, 1.807) is 37.4 Å². The molecule has 0 unspecified atom stereocenters. The first kappa shape index (κ1) is 19.7. The quantitative estimate of drug-likeness (QED) is 0.575. The van der Waals surface area contributed by atoms with Crippen LogP contribution in [-0.2, 0) is 17.8 Å². The second-order valence-electron chi connectivity index (χ2n) is 5.97. The van der Waals surface area contributed by atoms with E-state index in [0.29, 0.717) is 17.2 Å². The van der Waals surface area contributed by atoms with Gasteiger partial charge in [-0.3, -0.25) is 9.59 Å². The third-order valence-corrected chi connectivity index (χ3v) is 4.45. The number of carbonyl (C=O) groups excluding carboxylic acids is 2. The van der Waals surface area contributed by atoms with Gasteiger partial charge in [0.25, 0.3) is 5.91 Å². The van der Waals surface area contributed by atoms with Crippen molar-refractivity contribution >= 4 is 33.4 Å². The lowest BCUT2D eigenvalue weighted by Crippen LogP contribution is -2.21. The van der Waals surface area contributed by atoms with Crippen LogP contribution in [0, 0.1) is 0 Å². The molecule has 0 saturated heterocycles. The molecule has 0 atom stereocenters. The van der Waals surface area contributed by atoms with Crippen molar-refractivity contribution in [3.63, 3.8) is 0 Å². The molecule has 6 nitrogen and oxygen atoms in total. The number of carbonyl (C=O) groups is 2. The number of likely N-dealkylation sites (N-methyl/N-ethyl adjacent to an activating group) is 1. The highest BCUT2D eigenvalue weighted by Crippen LogP contribution is 2.21. The van der Waals surface area contributed by atoms with Crippen molar-refractivity contribution in [2.75, 3.05) is 12.4 Å². The number of halogens is 1. The number of hydrogen-bond donors (Lipinski definition) is 2. The molecule has 0 aliphatic heterocycles. The number of ether oxygens (including phenoxy) is 1. The van der Waals surface area contributed by atoms with Gasteiger partial charge >= 0.3 is 0 Å². The number of para-hydroxylation sites is 1. The summed E-state index contributed by atoms with van der Waals surface area (Å²) in [6, 6.07) is 17.9. The Balaban J connectivity index is 1.64. The predicted octanol–water partition coefficient (Wildman–Crippen LogP) is 4.16. The van der Waals surface area contributed by atoms with E-state index in [4.69, 9.17) is 9.15 Å². The molecule has 3 aromatic rings. The maximum absolute atomic E-state index is 12.5. The molecule has 144 valence electrons. The minimum absolute atomic E-state index is 0.133. The maximum Gasteiger partial charge on any atom is 0.291 e. The van der Waals surface area contributed by atoms with Crippen molar-refractivity contribution < 1.29 is 18.7 Å². The molecule has 0 saturated carbocycles. The average molecular weight is 443 g/mol. The van der Waals surface area contributed by atoms with Gasteiger partial charge in [-0.25, -0.2) is 0 Å². The molecule has 7 heteroatoms. The Morgan fingerprint density at radius 2 is 1.89 bits per heavy atom. The van der Waals surface area contributed by atoms with Gasteiger partial charge in [0.1, 0.15) is 18.1 Å². The Bertz CT molecular complexity index is 984. The summed E-state index contributed by atoms with van der Waals surface area (Å²) < 4.78 is 12.2. The monoisotopic (exact) mass is 442 g/mol. The van der Waals surface area contributed by atoms with E-state index in [1.165, 1.54) is 0 Å². The SMILES string of the molecule is CNC(=O)Cc1ccccc1NC(=O)c1ccc(COc2cccc(Br)c2)o1. The van der Waals surface area contributed by atoms with Gasteiger partial charge in [-0.15, -0.1) is 0 Å². The molecular formula is C21H19BrN2O4. The summed E-state index contributed by atoms with van der Waals surface area (Å²) in [5.41, 5.74) is 1.29. The van der Waals surface area contributed by atoms with E-state index in [0.717, 1.165) is 10.0 Å². The molecule has 0 aliphatic rings. The molecule has 1 aromatic heterocycles. The van der Waals surface area contributed by atoms with Gasteiger partial charge in [-0.1, -0.05) is 40.2 Å². The zero-order chi connectivity index (χ0) is 19.9. The number of nitrogens with one attached hydrogen (secondary N) is 2. The van der Waals surface area contributed by atoms with Crippen LogP contribution in [0.3, 0.4) is 0 Å². The van der Waals surface area contributed by atoms with Crippen LogP contribution >= 0.6 is 15.9 Å². The number of furan rings is 1. The third kappa shape index (κ3) is 5.23. The normalized spacial score (nSPS) is 10.4. The summed E-state index contributed by atoms with van der Waals surface area (Å²) in [4.78, 5) is 24.1. The Morgan fingerprint density at radius 1 is 1.07 bits per heavy atom. The van der Waals surface area contributed by atoms with E-state index < -0.39 is 5.91 Å². The minimum Gasteiger partial charge on any atom is -0.486 e. The van der Waals surface area contributed by atoms with Gasteiger partial charge < -0.3 is 19.8 Å². The molecule has 2 aromatic carbocycles. The fourth-order valence-electron chi connectivity index (χ4n) is 2.53. The molecule has 0 spiro atoms. The topological polar surface area (TPSA) is 80.6 Å². The van der Waals surface area contributed by atoms with Crippen molar-refractivity contribution in [2.45, 2.75) is 13.0 Å². The molecule has 0 fully saturated rings. The fraction of sp³-hybridized carbons (Fsp3) is 0.143. The molecule has 1 heterocycles. The Labute approximate surface area is 171 Å². The van der Waals surface area contributed by atoms with Crippen LogP contribution in [-0.4, -0.2) is 18.9 Å². The Morgan fingerprint density at radius 3 is 2.68 bits per heavy atom. The second kappa shape index (κ2) is 9.23. The van der Waals surface area contributed by atoms with E-state index in [9.17, 15) is 9.59 Å². The summed E-state index contributed by atoms with van der Waals surface area (Å²) in [5, 5.41) is 5.36. The standard InChI is InChI=1S/C21H19BrN2O4/c1-23-20(25)11-14-5-2-3-8-18(14)24-21(26)19-10-9-17(28-19)13-27-16-7-4-6-15(22)12-16/h2-10,12H,11,13H2,1H3,(H,23,25)(H,24,26). The molecular weight excluding hydrogens is 424 g/mol. The highest BCUT2D eigenvalue weighted by Gasteiger charge is 2.14. The second-order valence-corrected chi connectivity index (χ2v) is 6.89. The van der Waals surface area contributed by atoms with Crippen molar-refractivity contribution in [1.29, 1.82) is 0 Å². The zero-order valence-corrected chi connectivity index (χ0v) is 16.8. The zero-order valence-electron chi connectivity index (χ0n) is 15.2. The average Bonchev–Trinajstić information content (AvgIpc) is 3.17. The third-order valence-electron chi connectivity index (χ3n) is 3.96. The lowest BCUT2D eigenvalue weighted by Gasteiger charge is -2.09. The summed E-state index contributed by atoms with van der Waals surface area (Å²) in [6.07, 6.45) is 0.177. The molecule has 3 rings (SSSR count). The first-order chi connectivity index (χ1) is 13.5. The summed E-state index contributed by atoms with van der Waals surface area (Å²) in [6.45, 7) is 0.205. The highest BCUT2D eigenvalue weighted by atomic mass is 79.9. The van der Waals surface area contributed by atoms with E-state index in [1.807, 2.05) is 30.3 Å². The van der Waals surface area contributed by atoms with Crippen LogP contribution in [0.5, 0.6) is 5.75 Å².